The number of carbonyl (C=O) groups excluding carboxylic acids is 1. The lowest BCUT2D eigenvalue weighted by Crippen LogP contribution is -2.40. The highest BCUT2D eigenvalue weighted by atomic mass is 35.5. The molecule has 1 amide bonds. The first-order valence-electron chi connectivity index (χ1n) is 6.97. The van der Waals surface area contributed by atoms with Gasteiger partial charge >= 0.3 is 0 Å². The Balaban J connectivity index is 2.13. The molecule has 2 nitrogen and oxygen atoms in total. The van der Waals surface area contributed by atoms with E-state index in [1.807, 2.05) is 75.5 Å². The van der Waals surface area contributed by atoms with Crippen molar-refractivity contribution in [3.05, 3.63) is 70.7 Å². The van der Waals surface area contributed by atoms with Crippen molar-refractivity contribution in [2.24, 2.45) is 0 Å². The van der Waals surface area contributed by atoms with E-state index in [0.29, 0.717) is 11.6 Å². The molecule has 0 aromatic heterocycles. The largest absolute Gasteiger partial charge is 0.341 e. The smallest absolute Gasteiger partial charge is 0.232 e. The Labute approximate surface area is 131 Å². The monoisotopic (exact) mass is 301 g/mol. The highest BCUT2D eigenvalue weighted by Gasteiger charge is 2.32. The number of halogens is 1. The standard InChI is InChI=1S/C18H20ClNO/c1-18(2,15-7-5-4-6-8-15)17(21)20(3)13-14-9-11-16(19)12-10-14/h4-12H,13H2,1-3H3. The normalized spacial score (nSPS) is 11.2. The van der Waals surface area contributed by atoms with Gasteiger partial charge in [0.05, 0.1) is 5.41 Å². The van der Waals surface area contributed by atoms with E-state index in [9.17, 15) is 4.79 Å². The minimum absolute atomic E-state index is 0.101. The first-order chi connectivity index (χ1) is 9.91. The fraction of sp³-hybridized carbons (Fsp3) is 0.278. The van der Waals surface area contributed by atoms with Gasteiger partial charge in [-0.3, -0.25) is 4.79 Å². The number of hydrogen-bond donors (Lipinski definition) is 0. The van der Waals surface area contributed by atoms with Gasteiger partial charge in [0, 0.05) is 18.6 Å². The molecule has 0 heterocycles. The number of amides is 1. The Morgan fingerprint density at radius 1 is 1.05 bits per heavy atom. The van der Waals surface area contributed by atoms with Gasteiger partial charge in [0.2, 0.25) is 5.91 Å². The van der Waals surface area contributed by atoms with Gasteiger partial charge in [-0.15, -0.1) is 0 Å². The van der Waals surface area contributed by atoms with Crippen LogP contribution in [0.5, 0.6) is 0 Å². The third-order valence-electron chi connectivity index (χ3n) is 3.71. The van der Waals surface area contributed by atoms with Crippen LogP contribution in [-0.4, -0.2) is 17.9 Å². The molecule has 0 saturated carbocycles. The number of carbonyl (C=O) groups is 1. The fourth-order valence-electron chi connectivity index (χ4n) is 2.39. The summed E-state index contributed by atoms with van der Waals surface area (Å²) in [5, 5.41) is 0.706. The van der Waals surface area contributed by atoms with Gasteiger partial charge < -0.3 is 4.90 Å². The molecule has 0 radical (unpaired) electrons. The highest BCUT2D eigenvalue weighted by molar-refractivity contribution is 6.30. The summed E-state index contributed by atoms with van der Waals surface area (Å²) in [5.74, 6) is 0.101. The molecule has 0 spiro atoms. The van der Waals surface area contributed by atoms with Gasteiger partial charge in [0.25, 0.3) is 0 Å². The average Bonchev–Trinajstić information content (AvgIpc) is 2.49. The number of hydrogen-bond acceptors (Lipinski definition) is 1. The zero-order chi connectivity index (χ0) is 15.5. The minimum atomic E-state index is -0.539. The van der Waals surface area contributed by atoms with E-state index in [1.54, 1.807) is 4.90 Å². The lowest BCUT2D eigenvalue weighted by Gasteiger charge is -2.30. The number of likely N-dealkylation sites (N-methyl/N-ethyl adjacent to an activating group) is 1. The lowest BCUT2D eigenvalue weighted by molar-refractivity contribution is -0.135. The van der Waals surface area contributed by atoms with Crippen LogP contribution >= 0.6 is 11.6 Å². The van der Waals surface area contributed by atoms with Crippen molar-refractivity contribution >= 4 is 17.5 Å². The highest BCUT2D eigenvalue weighted by Crippen LogP contribution is 2.25. The molecule has 2 rings (SSSR count). The molecular weight excluding hydrogens is 282 g/mol. The number of benzene rings is 2. The van der Waals surface area contributed by atoms with Gasteiger partial charge in [0.1, 0.15) is 0 Å². The molecule has 2 aromatic rings. The molecule has 0 bridgehead atoms. The van der Waals surface area contributed by atoms with Crippen molar-refractivity contribution < 1.29 is 4.79 Å². The zero-order valence-electron chi connectivity index (χ0n) is 12.6. The van der Waals surface area contributed by atoms with Crippen molar-refractivity contribution in [3.8, 4) is 0 Å². The summed E-state index contributed by atoms with van der Waals surface area (Å²) in [5.41, 5.74) is 1.56. The predicted octanol–water partition coefficient (Wildman–Crippen LogP) is 4.28. The first-order valence-corrected chi connectivity index (χ1v) is 7.34. The van der Waals surface area contributed by atoms with Crippen LogP contribution in [0, 0.1) is 0 Å². The predicted molar refractivity (Wildman–Crippen MR) is 87.4 cm³/mol. The summed E-state index contributed by atoms with van der Waals surface area (Å²) in [4.78, 5) is 14.5. The van der Waals surface area contributed by atoms with E-state index in [1.165, 1.54) is 0 Å². The van der Waals surface area contributed by atoms with Crippen LogP contribution in [0.1, 0.15) is 25.0 Å². The number of nitrogens with zero attached hydrogens (tertiary/aromatic N) is 1. The second-order valence-corrected chi connectivity index (χ2v) is 6.22. The summed E-state index contributed by atoms with van der Waals surface area (Å²) in [6.07, 6.45) is 0. The van der Waals surface area contributed by atoms with Gasteiger partial charge in [-0.05, 0) is 37.1 Å². The third-order valence-corrected chi connectivity index (χ3v) is 3.96. The fourth-order valence-corrected chi connectivity index (χ4v) is 2.52. The number of rotatable bonds is 4. The van der Waals surface area contributed by atoms with Gasteiger partial charge in [-0.1, -0.05) is 54.1 Å². The molecule has 2 aromatic carbocycles. The Bertz CT molecular complexity index is 605. The van der Waals surface area contributed by atoms with Crippen LogP contribution in [0.2, 0.25) is 5.02 Å². The Kier molecular flexibility index (Phi) is 4.69. The molecule has 110 valence electrons. The van der Waals surface area contributed by atoms with Crippen LogP contribution in [0.25, 0.3) is 0 Å². The van der Waals surface area contributed by atoms with E-state index in [0.717, 1.165) is 11.1 Å². The maximum atomic E-state index is 12.7. The Hall–Kier alpha value is -1.80. The van der Waals surface area contributed by atoms with E-state index in [-0.39, 0.29) is 5.91 Å². The maximum absolute atomic E-state index is 12.7. The second kappa shape index (κ2) is 6.31. The van der Waals surface area contributed by atoms with E-state index in [4.69, 9.17) is 11.6 Å². The maximum Gasteiger partial charge on any atom is 0.232 e. The summed E-state index contributed by atoms with van der Waals surface area (Å²) >= 11 is 5.88. The van der Waals surface area contributed by atoms with Crippen LogP contribution in [-0.2, 0) is 16.8 Å². The summed E-state index contributed by atoms with van der Waals surface area (Å²) < 4.78 is 0. The quantitative estimate of drug-likeness (QED) is 0.825. The van der Waals surface area contributed by atoms with Crippen molar-refractivity contribution in [2.75, 3.05) is 7.05 Å². The molecule has 0 fully saturated rings. The van der Waals surface area contributed by atoms with Crippen molar-refractivity contribution in [1.82, 2.24) is 4.90 Å². The van der Waals surface area contributed by atoms with E-state index in [2.05, 4.69) is 0 Å². The van der Waals surface area contributed by atoms with Crippen LogP contribution in [0.4, 0.5) is 0 Å². The molecule has 21 heavy (non-hydrogen) atoms. The average molecular weight is 302 g/mol. The minimum Gasteiger partial charge on any atom is -0.341 e. The molecular formula is C18H20ClNO. The topological polar surface area (TPSA) is 20.3 Å². The first kappa shape index (κ1) is 15.6. The SMILES string of the molecule is CN(Cc1ccc(Cl)cc1)C(=O)C(C)(C)c1ccccc1. The molecule has 0 aliphatic rings. The molecule has 0 unspecified atom stereocenters. The lowest BCUT2D eigenvalue weighted by atomic mass is 9.83. The molecule has 0 aliphatic carbocycles. The molecule has 0 saturated heterocycles. The molecule has 0 N–H and O–H groups in total. The Morgan fingerprint density at radius 2 is 1.62 bits per heavy atom. The third kappa shape index (κ3) is 3.64. The Morgan fingerprint density at radius 3 is 2.19 bits per heavy atom. The van der Waals surface area contributed by atoms with Crippen LogP contribution in [0.3, 0.4) is 0 Å². The van der Waals surface area contributed by atoms with E-state index >= 15 is 0 Å². The van der Waals surface area contributed by atoms with Gasteiger partial charge in [0.15, 0.2) is 0 Å². The van der Waals surface area contributed by atoms with E-state index < -0.39 is 5.41 Å². The van der Waals surface area contributed by atoms with Crippen molar-refractivity contribution in [3.63, 3.8) is 0 Å². The van der Waals surface area contributed by atoms with Gasteiger partial charge in [-0.25, -0.2) is 0 Å². The van der Waals surface area contributed by atoms with Crippen molar-refractivity contribution in [1.29, 1.82) is 0 Å². The summed E-state index contributed by atoms with van der Waals surface area (Å²) in [7, 11) is 1.83. The molecule has 0 aliphatic heterocycles. The molecule has 3 heteroatoms. The molecule has 0 atom stereocenters. The van der Waals surface area contributed by atoms with Crippen LogP contribution in [0.15, 0.2) is 54.6 Å². The second-order valence-electron chi connectivity index (χ2n) is 5.78. The van der Waals surface area contributed by atoms with Crippen molar-refractivity contribution in [2.45, 2.75) is 25.8 Å². The summed E-state index contributed by atoms with van der Waals surface area (Å²) in [6, 6.07) is 17.5. The van der Waals surface area contributed by atoms with Gasteiger partial charge in [-0.2, -0.15) is 0 Å². The van der Waals surface area contributed by atoms with Crippen LogP contribution < -0.4 is 0 Å². The summed E-state index contributed by atoms with van der Waals surface area (Å²) in [6.45, 7) is 4.50. The zero-order valence-corrected chi connectivity index (χ0v) is 13.4.